The van der Waals surface area contributed by atoms with Gasteiger partial charge in [0.05, 0.1) is 0 Å². The molecule has 0 aliphatic heterocycles. The highest BCUT2D eigenvalue weighted by Crippen LogP contribution is 2.34. The zero-order chi connectivity index (χ0) is 10.2. The molecule has 1 unspecified atom stereocenters. The minimum Gasteiger partial charge on any atom is -0.204 e. The van der Waals surface area contributed by atoms with E-state index in [4.69, 9.17) is 0 Å². The fraction of sp³-hybridized carbons (Fsp3) is 0.333. The summed E-state index contributed by atoms with van der Waals surface area (Å²) in [6.45, 7) is 3.48. The summed E-state index contributed by atoms with van der Waals surface area (Å²) in [6.07, 6.45) is 0. The van der Waals surface area contributed by atoms with Crippen LogP contribution in [0.1, 0.15) is 22.9 Å². The summed E-state index contributed by atoms with van der Waals surface area (Å²) in [4.78, 5) is -0.212. The Kier molecular flexibility index (Phi) is 3.46. The van der Waals surface area contributed by atoms with Crippen LogP contribution in [-0.2, 0) is 0 Å². The minimum absolute atomic E-state index is 0.212. The lowest BCUT2D eigenvalue weighted by Crippen LogP contribution is -1.98. The molecule has 0 aliphatic rings. The van der Waals surface area contributed by atoms with E-state index in [0.29, 0.717) is 15.6 Å². The van der Waals surface area contributed by atoms with Gasteiger partial charge in [-0.2, -0.15) is 0 Å². The van der Waals surface area contributed by atoms with Crippen molar-refractivity contribution in [2.45, 2.75) is 18.7 Å². The van der Waals surface area contributed by atoms with Crippen molar-refractivity contribution in [3.63, 3.8) is 0 Å². The van der Waals surface area contributed by atoms with Gasteiger partial charge in [0.1, 0.15) is 0 Å². The summed E-state index contributed by atoms with van der Waals surface area (Å²) in [6, 6.07) is 1.18. The van der Waals surface area contributed by atoms with Crippen molar-refractivity contribution in [2.24, 2.45) is 0 Å². The Morgan fingerprint density at radius 3 is 2.38 bits per heavy atom. The lowest BCUT2D eigenvalue weighted by atomic mass is 10.1. The van der Waals surface area contributed by atoms with Gasteiger partial charge in [-0.25, -0.2) is 8.78 Å². The molecule has 0 aromatic heterocycles. The molecule has 0 saturated heterocycles. The third-order valence-electron chi connectivity index (χ3n) is 1.77. The van der Waals surface area contributed by atoms with Gasteiger partial charge in [-0.15, -0.1) is 0 Å². The van der Waals surface area contributed by atoms with Crippen LogP contribution >= 0.6 is 31.9 Å². The molecule has 0 heterocycles. The van der Waals surface area contributed by atoms with Crippen molar-refractivity contribution in [2.75, 3.05) is 0 Å². The van der Waals surface area contributed by atoms with Crippen LogP contribution in [0.3, 0.4) is 0 Å². The number of benzene rings is 1. The Balaban J connectivity index is 3.46. The van der Waals surface area contributed by atoms with E-state index in [9.17, 15) is 8.78 Å². The third-order valence-corrected chi connectivity index (χ3v) is 3.28. The van der Waals surface area contributed by atoms with Crippen molar-refractivity contribution in [3.8, 4) is 0 Å². The van der Waals surface area contributed by atoms with Gasteiger partial charge in [0.2, 0.25) is 0 Å². The van der Waals surface area contributed by atoms with Crippen LogP contribution in [-0.4, -0.2) is 0 Å². The van der Waals surface area contributed by atoms with Crippen LogP contribution in [0.25, 0.3) is 0 Å². The Bertz CT molecular complexity index is 309. The van der Waals surface area contributed by atoms with Gasteiger partial charge < -0.3 is 0 Å². The second-order valence-electron chi connectivity index (χ2n) is 2.83. The third kappa shape index (κ3) is 2.10. The summed E-state index contributed by atoms with van der Waals surface area (Å²) >= 11 is 6.44. The van der Waals surface area contributed by atoms with Gasteiger partial charge in [0.25, 0.3) is 0 Å². The number of hydrogen-bond donors (Lipinski definition) is 0. The van der Waals surface area contributed by atoms with Crippen LogP contribution in [0.15, 0.2) is 10.5 Å². The second kappa shape index (κ2) is 4.05. The van der Waals surface area contributed by atoms with Crippen molar-refractivity contribution >= 4 is 31.9 Å². The van der Waals surface area contributed by atoms with Gasteiger partial charge in [-0.1, -0.05) is 31.9 Å². The molecule has 0 saturated carbocycles. The number of aryl methyl sites for hydroxylation is 1. The smallest absolute Gasteiger partial charge is 0.164 e. The zero-order valence-corrected chi connectivity index (χ0v) is 10.3. The predicted octanol–water partition coefficient (Wildman–Crippen LogP) is 4.49. The van der Waals surface area contributed by atoms with Gasteiger partial charge in [0.15, 0.2) is 11.6 Å². The molecule has 4 heteroatoms. The number of rotatable bonds is 1. The van der Waals surface area contributed by atoms with E-state index in [0.717, 1.165) is 0 Å². The standard InChI is InChI=1S/C9H8Br2F2/c1-4-3-6(12)9(13)7(5(2)10)8(4)11/h3,5H,1-2H3. The van der Waals surface area contributed by atoms with Crippen LogP contribution in [0.5, 0.6) is 0 Å². The van der Waals surface area contributed by atoms with E-state index in [1.165, 1.54) is 6.07 Å². The molecule has 0 amide bonds. The molecule has 0 aliphatic carbocycles. The Hall–Kier alpha value is 0.0400. The van der Waals surface area contributed by atoms with Crippen molar-refractivity contribution < 1.29 is 8.78 Å². The fourth-order valence-electron chi connectivity index (χ4n) is 1.10. The number of alkyl halides is 1. The first-order chi connectivity index (χ1) is 5.95. The van der Waals surface area contributed by atoms with E-state index in [1.54, 1.807) is 13.8 Å². The molecular formula is C9H8Br2F2. The summed E-state index contributed by atoms with van der Waals surface area (Å²) in [5.41, 5.74) is 1.03. The van der Waals surface area contributed by atoms with E-state index < -0.39 is 11.6 Å². The van der Waals surface area contributed by atoms with Crippen molar-refractivity contribution in [1.29, 1.82) is 0 Å². The lowest BCUT2D eigenvalue weighted by molar-refractivity contribution is 0.497. The van der Waals surface area contributed by atoms with Crippen LogP contribution in [0, 0.1) is 18.6 Å². The topological polar surface area (TPSA) is 0 Å². The first-order valence-electron chi connectivity index (χ1n) is 3.73. The molecule has 0 spiro atoms. The first-order valence-corrected chi connectivity index (χ1v) is 5.44. The quantitative estimate of drug-likeness (QED) is 0.529. The fourth-order valence-corrected chi connectivity index (χ4v) is 2.47. The minimum atomic E-state index is -0.804. The largest absolute Gasteiger partial charge is 0.204 e. The SMILES string of the molecule is Cc1cc(F)c(F)c(C(C)Br)c1Br. The Labute approximate surface area is 92.6 Å². The molecule has 0 bridgehead atoms. The van der Waals surface area contributed by atoms with E-state index in [1.807, 2.05) is 0 Å². The average molecular weight is 314 g/mol. The molecule has 0 N–H and O–H groups in total. The molecule has 0 radical (unpaired) electrons. The predicted molar refractivity (Wildman–Crippen MR) is 56.1 cm³/mol. The second-order valence-corrected chi connectivity index (χ2v) is 5.00. The number of halogens is 4. The first kappa shape index (κ1) is 11.1. The molecule has 0 fully saturated rings. The van der Waals surface area contributed by atoms with Gasteiger partial charge >= 0.3 is 0 Å². The molecule has 13 heavy (non-hydrogen) atoms. The number of hydrogen-bond acceptors (Lipinski definition) is 0. The molecular weight excluding hydrogens is 306 g/mol. The molecule has 1 aromatic carbocycles. The lowest BCUT2D eigenvalue weighted by Gasteiger charge is -2.11. The maximum absolute atomic E-state index is 13.3. The van der Waals surface area contributed by atoms with Crippen molar-refractivity contribution in [3.05, 3.63) is 33.3 Å². The maximum Gasteiger partial charge on any atom is 0.164 e. The Morgan fingerprint density at radius 2 is 1.92 bits per heavy atom. The zero-order valence-electron chi connectivity index (χ0n) is 7.17. The van der Waals surface area contributed by atoms with Gasteiger partial charge in [0, 0.05) is 14.9 Å². The summed E-state index contributed by atoms with van der Waals surface area (Å²) < 4.78 is 26.8. The molecule has 72 valence electrons. The van der Waals surface area contributed by atoms with E-state index in [-0.39, 0.29) is 4.83 Å². The van der Waals surface area contributed by atoms with E-state index >= 15 is 0 Å². The highest BCUT2D eigenvalue weighted by molar-refractivity contribution is 9.11. The van der Waals surface area contributed by atoms with Crippen molar-refractivity contribution in [1.82, 2.24) is 0 Å². The normalized spacial score (nSPS) is 13.1. The molecule has 1 aromatic rings. The van der Waals surface area contributed by atoms with Gasteiger partial charge in [-0.3, -0.25) is 0 Å². The maximum atomic E-state index is 13.3. The van der Waals surface area contributed by atoms with Crippen LogP contribution in [0.4, 0.5) is 8.78 Å². The highest BCUT2D eigenvalue weighted by Gasteiger charge is 2.18. The monoisotopic (exact) mass is 312 g/mol. The van der Waals surface area contributed by atoms with E-state index in [2.05, 4.69) is 31.9 Å². The average Bonchev–Trinajstić information content (AvgIpc) is 2.01. The van der Waals surface area contributed by atoms with Gasteiger partial charge in [-0.05, 0) is 25.5 Å². The Morgan fingerprint density at radius 1 is 1.38 bits per heavy atom. The molecule has 1 atom stereocenters. The molecule has 1 rings (SSSR count). The van der Waals surface area contributed by atoms with Crippen LogP contribution in [0.2, 0.25) is 0 Å². The summed E-state index contributed by atoms with van der Waals surface area (Å²) in [5, 5.41) is 0. The summed E-state index contributed by atoms with van der Waals surface area (Å²) in [7, 11) is 0. The highest BCUT2D eigenvalue weighted by atomic mass is 79.9. The summed E-state index contributed by atoms with van der Waals surface area (Å²) in [5.74, 6) is -1.59. The van der Waals surface area contributed by atoms with Crippen LogP contribution < -0.4 is 0 Å². The molecule has 0 nitrogen and oxygen atoms in total.